The van der Waals surface area contributed by atoms with Gasteiger partial charge >= 0.3 is 13.7 Å². The summed E-state index contributed by atoms with van der Waals surface area (Å²) in [5.41, 5.74) is 4.46. The molecule has 3 heterocycles. The topological polar surface area (TPSA) is 204 Å². The van der Waals surface area contributed by atoms with Crippen LogP contribution in [0.25, 0.3) is 5.52 Å². The summed E-state index contributed by atoms with van der Waals surface area (Å²) in [6, 6.07) is 12.0. The van der Waals surface area contributed by atoms with Gasteiger partial charge in [0.15, 0.2) is 5.82 Å². The van der Waals surface area contributed by atoms with Crippen LogP contribution < -0.4 is 15.3 Å². The number of nitriles is 1. The summed E-state index contributed by atoms with van der Waals surface area (Å²) in [6.07, 6.45) is 0.914. The number of para-hydroxylation sites is 1. The zero-order valence-corrected chi connectivity index (χ0v) is 23.8. The maximum absolute atomic E-state index is 14.0. The minimum absolute atomic E-state index is 0.162. The van der Waals surface area contributed by atoms with Gasteiger partial charge in [0.05, 0.1) is 5.69 Å². The number of aliphatic hydroxyl groups is 2. The van der Waals surface area contributed by atoms with Gasteiger partial charge in [0.2, 0.25) is 5.60 Å². The lowest BCUT2D eigenvalue weighted by molar-refractivity contribution is -0.152. The third-order valence-corrected chi connectivity index (χ3v) is 9.02. The molecule has 5 N–H and O–H groups in total. The van der Waals surface area contributed by atoms with Crippen molar-refractivity contribution in [3.8, 4) is 11.8 Å². The van der Waals surface area contributed by atoms with Crippen LogP contribution in [-0.4, -0.2) is 67.3 Å². The molecule has 1 saturated heterocycles. The van der Waals surface area contributed by atoms with Gasteiger partial charge in [0, 0.05) is 0 Å². The molecule has 224 valence electrons. The normalized spacial score (nSPS) is 26.8. The molecule has 14 nitrogen and oxygen atoms in total. The average molecular weight is 601 g/mol. The third-order valence-electron chi connectivity index (χ3n) is 7.40. The standard InChI is InChI=1S/C27H33N6O8P/c1-17(26(36)39-18-8-4-2-5-9-18)32-42(37,41-19-10-6-3-7-11-19)38-15-27(14-28)24(35)22(34)23(40-27)20-12-13-21-25(29)30-16-31-33(20)21/h3,6-7,10-13,16-18,22-24,34-35H,2,4-5,8-9,15H2,1H3,(H,32,37)(H2,29,30,31)/t17-,22-,23-,24-,27+,42-/m0/s1. The van der Waals surface area contributed by atoms with Crippen molar-refractivity contribution < 1.29 is 38.1 Å². The van der Waals surface area contributed by atoms with Crippen molar-refractivity contribution in [3.63, 3.8) is 0 Å². The summed E-state index contributed by atoms with van der Waals surface area (Å²) in [6.45, 7) is 0.668. The minimum Gasteiger partial charge on any atom is -0.461 e. The van der Waals surface area contributed by atoms with Crippen molar-refractivity contribution in [3.05, 3.63) is 54.5 Å². The monoisotopic (exact) mass is 600 g/mol. The Hall–Kier alpha value is -3.57. The van der Waals surface area contributed by atoms with E-state index in [9.17, 15) is 24.8 Å². The number of hydrogen-bond donors (Lipinski definition) is 4. The highest BCUT2D eigenvalue weighted by molar-refractivity contribution is 7.52. The number of rotatable bonds is 10. The van der Waals surface area contributed by atoms with Gasteiger partial charge in [-0.2, -0.15) is 15.4 Å². The number of ether oxygens (including phenoxy) is 2. The van der Waals surface area contributed by atoms with Gasteiger partial charge < -0.3 is 29.9 Å². The highest BCUT2D eigenvalue weighted by Gasteiger charge is 2.57. The molecule has 0 spiro atoms. The summed E-state index contributed by atoms with van der Waals surface area (Å²) >= 11 is 0. The average Bonchev–Trinajstić information content (AvgIpc) is 3.53. The number of anilines is 1. The number of esters is 1. The fourth-order valence-corrected chi connectivity index (χ4v) is 6.63. The predicted octanol–water partition coefficient (Wildman–Crippen LogP) is 2.42. The number of fused-ring (bicyclic) bond motifs is 1. The van der Waals surface area contributed by atoms with Gasteiger partial charge in [-0.15, -0.1) is 0 Å². The Morgan fingerprint density at radius 3 is 2.71 bits per heavy atom. The predicted molar refractivity (Wildman–Crippen MR) is 148 cm³/mol. The molecule has 2 aromatic heterocycles. The second kappa shape index (κ2) is 12.3. The molecule has 1 aliphatic carbocycles. The van der Waals surface area contributed by atoms with E-state index in [0.717, 1.165) is 32.1 Å². The third kappa shape index (κ3) is 6.12. The number of nitrogens with two attached hydrogens (primary N) is 1. The lowest BCUT2D eigenvalue weighted by Crippen LogP contribution is -2.46. The fourth-order valence-electron chi connectivity index (χ4n) is 5.11. The number of carbonyl (C=O) groups excluding carboxylic acids is 1. The zero-order chi connectivity index (χ0) is 29.9. The highest BCUT2D eigenvalue weighted by Crippen LogP contribution is 2.48. The number of nitrogens with zero attached hydrogens (tertiary/aromatic N) is 4. The molecule has 2 fully saturated rings. The van der Waals surface area contributed by atoms with E-state index >= 15 is 0 Å². The summed E-state index contributed by atoms with van der Waals surface area (Å²) < 4.78 is 38.2. The van der Waals surface area contributed by atoms with Crippen LogP contribution in [0.4, 0.5) is 5.82 Å². The highest BCUT2D eigenvalue weighted by atomic mass is 31.2. The van der Waals surface area contributed by atoms with E-state index in [-0.39, 0.29) is 17.7 Å². The lowest BCUT2D eigenvalue weighted by Gasteiger charge is -2.29. The van der Waals surface area contributed by atoms with Gasteiger partial charge in [-0.1, -0.05) is 24.6 Å². The maximum Gasteiger partial charge on any atom is 0.459 e. The SMILES string of the molecule is C[C@H](N[P@](=O)(OC[C@@]1(C#N)O[C@@H](c2ccc3c(N)ncnn23)[C@H](O)[C@@H]1O)Oc1ccccc1)C(=O)OC1CCCCC1. The van der Waals surface area contributed by atoms with E-state index in [4.69, 9.17) is 24.3 Å². The quantitative estimate of drug-likeness (QED) is 0.195. The van der Waals surface area contributed by atoms with E-state index in [2.05, 4.69) is 15.2 Å². The first-order valence-electron chi connectivity index (χ1n) is 13.7. The molecule has 1 saturated carbocycles. The van der Waals surface area contributed by atoms with Crippen LogP contribution in [0, 0.1) is 11.3 Å². The second-order valence-electron chi connectivity index (χ2n) is 10.4. The van der Waals surface area contributed by atoms with Crippen molar-refractivity contribution in [2.45, 2.75) is 75.1 Å². The molecule has 3 aromatic rings. The molecular formula is C27H33N6O8P. The van der Waals surface area contributed by atoms with Gasteiger partial charge in [-0.25, -0.2) is 14.1 Å². The summed E-state index contributed by atoms with van der Waals surface area (Å²) in [5, 5.41) is 38.7. The van der Waals surface area contributed by atoms with Gasteiger partial charge in [0.25, 0.3) is 0 Å². The zero-order valence-electron chi connectivity index (χ0n) is 22.9. The molecule has 1 aliphatic heterocycles. The molecule has 0 bridgehead atoms. The van der Waals surface area contributed by atoms with Crippen LogP contribution >= 0.6 is 7.75 Å². The number of aliphatic hydroxyl groups excluding tert-OH is 2. The van der Waals surface area contributed by atoms with Crippen molar-refractivity contribution in [2.24, 2.45) is 0 Å². The number of nitrogens with one attached hydrogen (secondary N) is 1. The van der Waals surface area contributed by atoms with Crippen molar-refractivity contribution in [1.29, 1.82) is 5.26 Å². The van der Waals surface area contributed by atoms with Crippen molar-refractivity contribution in [2.75, 3.05) is 12.3 Å². The molecule has 0 amide bonds. The number of benzene rings is 1. The summed E-state index contributed by atoms with van der Waals surface area (Å²) in [5.74, 6) is -0.290. The molecule has 15 heteroatoms. The minimum atomic E-state index is -4.40. The van der Waals surface area contributed by atoms with Crippen LogP contribution in [0.2, 0.25) is 0 Å². The Balaban J connectivity index is 1.35. The first-order valence-corrected chi connectivity index (χ1v) is 15.2. The largest absolute Gasteiger partial charge is 0.461 e. The molecule has 6 atom stereocenters. The van der Waals surface area contributed by atoms with Crippen LogP contribution in [0.15, 0.2) is 48.8 Å². The first-order chi connectivity index (χ1) is 20.1. The molecule has 5 rings (SSSR count). The van der Waals surface area contributed by atoms with E-state index in [1.165, 1.54) is 29.9 Å². The smallest absolute Gasteiger partial charge is 0.459 e. The fraction of sp³-hybridized carbons (Fsp3) is 0.481. The Morgan fingerprint density at radius 1 is 1.26 bits per heavy atom. The number of carbonyl (C=O) groups is 1. The van der Waals surface area contributed by atoms with E-state index in [1.807, 2.05) is 6.07 Å². The van der Waals surface area contributed by atoms with Crippen molar-refractivity contribution in [1.82, 2.24) is 19.7 Å². The number of aromatic nitrogens is 3. The Kier molecular flexibility index (Phi) is 8.79. The van der Waals surface area contributed by atoms with Gasteiger partial charge in [-0.3, -0.25) is 9.32 Å². The van der Waals surface area contributed by atoms with E-state index < -0.39 is 50.3 Å². The maximum atomic E-state index is 14.0. The molecular weight excluding hydrogens is 567 g/mol. The summed E-state index contributed by atoms with van der Waals surface area (Å²) in [4.78, 5) is 16.8. The number of nitrogen functional groups attached to an aromatic ring is 1. The summed E-state index contributed by atoms with van der Waals surface area (Å²) in [7, 11) is -4.40. The van der Waals surface area contributed by atoms with E-state index in [1.54, 1.807) is 30.3 Å². The van der Waals surface area contributed by atoms with Gasteiger partial charge in [-0.05, 0) is 56.9 Å². The molecule has 1 aromatic carbocycles. The Morgan fingerprint density at radius 2 is 2.00 bits per heavy atom. The Labute approximate surface area is 241 Å². The van der Waals surface area contributed by atoms with E-state index in [0.29, 0.717) is 11.2 Å². The van der Waals surface area contributed by atoms with Crippen LogP contribution in [-0.2, 0) is 23.4 Å². The van der Waals surface area contributed by atoms with Gasteiger partial charge in [0.1, 0.15) is 60.7 Å². The molecule has 0 radical (unpaired) electrons. The molecule has 0 unspecified atom stereocenters. The van der Waals surface area contributed by atoms with Crippen LogP contribution in [0.1, 0.15) is 50.8 Å². The first kappa shape index (κ1) is 29.9. The van der Waals surface area contributed by atoms with Crippen molar-refractivity contribution >= 4 is 25.1 Å². The lowest BCUT2D eigenvalue weighted by atomic mass is 9.96. The molecule has 2 aliphatic rings. The van der Waals surface area contributed by atoms with Crippen LogP contribution in [0.3, 0.4) is 0 Å². The van der Waals surface area contributed by atoms with Crippen LogP contribution in [0.5, 0.6) is 5.75 Å². The molecule has 42 heavy (non-hydrogen) atoms. The Bertz CT molecular complexity index is 1490. The second-order valence-corrected chi connectivity index (χ2v) is 12.1. The number of hydrogen-bond acceptors (Lipinski definition) is 12.